The zero-order chi connectivity index (χ0) is 14.5. The Bertz CT molecular complexity index is 427. The van der Waals surface area contributed by atoms with E-state index in [0.717, 1.165) is 30.3 Å². The average molecular weight is 278 g/mol. The standard InChI is InChI=1S/C17H27FN2/c1-4-19-13(2)15-10-7-11-16(18)17(15)20(3)12-14-8-5-6-9-14/h7,10-11,13-14,19H,4-6,8-9,12H2,1-3H3. The number of benzene rings is 1. The van der Waals surface area contributed by atoms with Gasteiger partial charge in [0, 0.05) is 19.6 Å². The molecule has 112 valence electrons. The Morgan fingerprint density at radius 3 is 2.70 bits per heavy atom. The Labute approximate surface area is 122 Å². The number of nitrogens with zero attached hydrogens (tertiary/aromatic N) is 1. The summed E-state index contributed by atoms with van der Waals surface area (Å²) in [4.78, 5) is 2.12. The molecule has 0 amide bonds. The van der Waals surface area contributed by atoms with Crippen LogP contribution < -0.4 is 10.2 Å². The fourth-order valence-corrected chi connectivity index (χ4v) is 3.37. The van der Waals surface area contributed by atoms with Crippen molar-refractivity contribution in [2.24, 2.45) is 5.92 Å². The van der Waals surface area contributed by atoms with Gasteiger partial charge in [-0.05, 0) is 43.9 Å². The molecule has 0 aliphatic heterocycles. The van der Waals surface area contributed by atoms with Crippen molar-refractivity contribution < 1.29 is 4.39 Å². The second-order valence-corrected chi connectivity index (χ2v) is 5.99. The molecule has 0 aromatic heterocycles. The van der Waals surface area contributed by atoms with Crippen LogP contribution in [0.2, 0.25) is 0 Å². The second kappa shape index (κ2) is 7.07. The summed E-state index contributed by atoms with van der Waals surface area (Å²) in [6, 6.07) is 5.60. The van der Waals surface area contributed by atoms with Crippen molar-refractivity contribution in [3.63, 3.8) is 0 Å². The van der Waals surface area contributed by atoms with E-state index >= 15 is 0 Å². The summed E-state index contributed by atoms with van der Waals surface area (Å²) in [6.07, 6.45) is 5.24. The number of anilines is 1. The third kappa shape index (κ3) is 3.51. The minimum Gasteiger partial charge on any atom is -0.372 e. The van der Waals surface area contributed by atoms with E-state index in [9.17, 15) is 4.39 Å². The molecule has 0 heterocycles. The van der Waals surface area contributed by atoms with Gasteiger partial charge in [-0.15, -0.1) is 0 Å². The van der Waals surface area contributed by atoms with Gasteiger partial charge in [-0.25, -0.2) is 4.39 Å². The van der Waals surface area contributed by atoms with Crippen molar-refractivity contribution in [1.82, 2.24) is 5.32 Å². The highest BCUT2D eigenvalue weighted by molar-refractivity contribution is 5.55. The number of rotatable bonds is 6. The van der Waals surface area contributed by atoms with Crippen molar-refractivity contribution in [3.8, 4) is 0 Å². The van der Waals surface area contributed by atoms with E-state index in [1.54, 1.807) is 6.07 Å². The summed E-state index contributed by atoms with van der Waals surface area (Å²) in [5, 5.41) is 3.38. The first-order valence-corrected chi connectivity index (χ1v) is 7.86. The van der Waals surface area contributed by atoms with Gasteiger partial charge in [0.1, 0.15) is 5.82 Å². The maximum atomic E-state index is 14.3. The van der Waals surface area contributed by atoms with Crippen LogP contribution in [-0.4, -0.2) is 20.1 Å². The van der Waals surface area contributed by atoms with Crippen LogP contribution in [0.5, 0.6) is 0 Å². The van der Waals surface area contributed by atoms with Crippen molar-refractivity contribution in [1.29, 1.82) is 0 Å². The van der Waals surface area contributed by atoms with Gasteiger partial charge < -0.3 is 10.2 Å². The molecule has 1 fully saturated rings. The largest absolute Gasteiger partial charge is 0.372 e. The summed E-state index contributed by atoms with van der Waals surface area (Å²) < 4.78 is 14.3. The Hall–Kier alpha value is -1.09. The zero-order valence-corrected chi connectivity index (χ0v) is 13.0. The summed E-state index contributed by atoms with van der Waals surface area (Å²) >= 11 is 0. The van der Waals surface area contributed by atoms with Crippen LogP contribution in [0.4, 0.5) is 10.1 Å². The lowest BCUT2D eigenvalue weighted by atomic mass is 10.0. The van der Waals surface area contributed by atoms with Crippen LogP contribution in [0.1, 0.15) is 51.1 Å². The van der Waals surface area contributed by atoms with Crippen LogP contribution in [0.25, 0.3) is 0 Å². The van der Waals surface area contributed by atoms with Gasteiger partial charge in [0.2, 0.25) is 0 Å². The summed E-state index contributed by atoms with van der Waals surface area (Å²) in [5.41, 5.74) is 1.83. The Morgan fingerprint density at radius 1 is 1.35 bits per heavy atom. The third-order valence-corrected chi connectivity index (χ3v) is 4.38. The molecule has 1 aliphatic rings. The summed E-state index contributed by atoms with van der Waals surface area (Å²) in [7, 11) is 2.03. The first-order chi connectivity index (χ1) is 9.63. The molecule has 1 saturated carbocycles. The lowest BCUT2D eigenvalue weighted by Gasteiger charge is -2.28. The van der Waals surface area contributed by atoms with E-state index in [1.807, 2.05) is 19.2 Å². The van der Waals surface area contributed by atoms with Crippen molar-refractivity contribution in [3.05, 3.63) is 29.6 Å². The maximum Gasteiger partial charge on any atom is 0.146 e. The third-order valence-electron chi connectivity index (χ3n) is 4.38. The molecule has 1 aliphatic carbocycles. The molecular weight excluding hydrogens is 251 g/mol. The molecule has 0 spiro atoms. The zero-order valence-electron chi connectivity index (χ0n) is 13.0. The number of para-hydroxylation sites is 1. The Morgan fingerprint density at radius 2 is 2.05 bits per heavy atom. The Balaban J connectivity index is 2.19. The first-order valence-electron chi connectivity index (χ1n) is 7.86. The SMILES string of the molecule is CCNC(C)c1cccc(F)c1N(C)CC1CCCC1. The van der Waals surface area contributed by atoms with Crippen LogP contribution >= 0.6 is 0 Å². The lowest BCUT2D eigenvalue weighted by Crippen LogP contribution is -2.28. The molecule has 2 nitrogen and oxygen atoms in total. The fourth-order valence-electron chi connectivity index (χ4n) is 3.37. The smallest absolute Gasteiger partial charge is 0.146 e. The molecule has 2 rings (SSSR count). The number of nitrogens with one attached hydrogen (secondary N) is 1. The first kappa shape index (κ1) is 15.3. The second-order valence-electron chi connectivity index (χ2n) is 5.99. The van der Waals surface area contributed by atoms with E-state index < -0.39 is 0 Å². The van der Waals surface area contributed by atoms with Gasteiger partial charge in [0.15, 0.2) is 0 Å². The molecule has 1 aromatic carbocycles. The molecule has 0 bridgehead atoms. The van der Waals surface area contributed by atoms with Crippen LogP contribution in [0.15, 0.2) is 18.2 Å². The molecule has 20 heavy (non-hydrogen) atoms. The van der Waals surface area contributed by atoms with Gasteiger partial charge in [-0.3, -0.25) is 0 Å². The van der Waals surface area contributed by atoms with Crippen molar-refractivity contribution >= 4 is 5.69 Å². The molecule has 1 N–H and O–H groups in total. The topological polar surface area (TPSA) is 15.3 Å². The molecule has 3 heteroatoms. The van der Waals surface area contributed by atoms with E-state index in [2.05, 4.69) is 24.1 Å². The number of hydrogen-bond acceptors (Lipinski definition) is 2. The van der Waals surface area contributed by atoms with Crippen LogP contribution in [0, 0.1) is 11.7 Å². The van der Waals surface area contributed by atoms with Gasteiger partial charge in [-0.2, -0.15) is 0 Å². The van der Waals surface area contributed by atoms with E-state index in [1.165, 1.54) is 25.7 Å². The summed E-state index contributed by atoms with van der Waals surface area (Å²) in [6.45, 7) is 6.04. The lowest BCUT2D eigenvalue weighted by molar-refractivity contribution is 0.531. The predicted molar refractivity (Wildman–Crippen MR) is 83.7 cm³/mol. The molecule has 1 unspecified atom stereocenters. The van der Waals surface area contributed by atoms with Gasteiger partial charge in [-0.1, -0.05) is 31.9 Å². The predicted octanol–water partition coefficient (Wildman–Crippen LogP) is 4.12. The number of hydrogen-bond donors (Lipinski definition) is 1. The van der Waals surface area contributed by atoms with Crippen LogP contribution in [0.3, 0.4) is 0 Å². The quantitative estimate of drug-likeness (QED) is 0.842. The molecular formula is C17H27FN2. The van der Waals surface area contributed by atoms with Crippen molar-refractivity contribution in [2.45, 2.75) is 45.6 Å². The highest BCUT2D eigenvalue weighted by Crippen LogP contribution is 2.32. The molecule has 0 radical (unpaired) electrons. The van der Waals surface area contributed by atoms with Gasteiger partial charge >= 0.3 is 0 Å². The normalized spacial score (nSPS) is 17.4. The fraction of sp³-hybridized carbons (Fsp3) is 0.647. The summed E-state index contributed by atoms with van der Waals surface area (Å²) in [5.74, 6) is 0.620. The highest BCUT2D eigenvalue weighted by atomic mass is 19.1. The van der Waals surface area contributed by atoms with E-state index in [0.29, 0.717) is 0 Å². The van der Waals surface area contributed by atoms with E-state index in [-0.39, 0.29) is 11.9 Å². The highest BCUT2D eigenvalue weighted by Gasteiger charge is 2.21. The van der Waals surface area contributed by atoms with E-state index in [4.69, 9.17) is 0 Å². The van der Waals surface area contributed by atoms with Gasteiger partial charge in [0.25, 0.3) is 0 Å². The van der Waals surface area contributed by atoms with Gasteiger partial charge in [0.05, 0.1) is 5.69 Å². The molecule has 1 atom stereocenters. The monoisotopic (exact) mass is 278 g/mol. The van der Waals surface area contributed by atoms with Crippen molar-refractivity contribution in [2.75, 3.05) is 25.0 Å². The van der Waals surface area contributed by atoms with Crippen LogP contribution in [-0.2, 0) is 0 Å². The number of halogens is 1. The maximum absolute atomic E-state index is 14.3. The molecule has 0 saturated heterocycles. The molecule has 1 aromatic rings. The minimum atomic E-state index is -0.104. The minimum absolute atomic E-state index is 0.104. The average Bonchev–Trinajstić information content (AvgIpc) is 2.91. The Kier molecular flexibility index (Phi) is 5.41.